The predicted octanol–water partition coefficient (Wildman–Crippen LogP) is 5.17. The number of carbonyl (C=O) groups is 1. The molecule has 0 radical (unpaired) electrons. The SMILES string of the molecule is Cc1cc(C)c(NC(=O)N[C@H]2CC[C@@H](Nc3nc(N(C)C)c4ccccc4n3)CC2)c(C)c1. The summed E-state index contributed by atoms with van der Waals surface area (Å²) in [5.41, 5.74) is 5.21. The van der Waals surface area contributed by atoms with Gasteiger partial charge in [-0.15, -0.1) is 0 Å². The number of carbonyl (C=O) groups excluding carboxylic acids is 1. The molecule has 1 aliphatic carbocycles. The van der Waals surface area contributed by atoms with Gasteiger partial charge in [0.1, 0.15) is 5.82 Å². The van der Waals surface area contributed by atoms with E-state index < -0.39 is 0 Å². The van der Waals surface area contributed by atoms with Crippen LogP contribution in [0.25, 0.3) is 10.9 Å². The lowest BCUT2D eigenvalue weighted by Gasteiger charge is -2.30. The Balaban J connectivity index is 1.34. The van der Waals surface area contributed by atoms with E-state index in [0.717, 1.165) is 59.2 Å². The molecule has 2 amide bonds. The Hall–Kier alpha value is -3.35. The van der Waals surface area contributed by atoms with Crippen molar-refractivity contribution in [3.8, 4) is 0 Å². The highest BCUT2D eigenvalue weighted by Gasteiger charge is 2.24. The van der Waals surface area contributed by atoms with Gasteiger partial charge in [-0.2, -0.15) is 4.98 Å². The zero-order valence-corrected chi connectivity index (χ0v) is 20.2. The van der Waals surface area contributed by atoms with Gasteiger partial charge in [0.2, 0.25) is 5.95 Å². The Morgan fingerprint density at radius 1 is 0.939 bits per heavy atom. The Morgan fingerprint density at radius 3 is 2.24 bits per heavy atom. The van der Waals surface area contributed by atoms with Gasteiger partial charge in [-0.3, -0.25) is 0 Å². The van der Waals surface area contributed by atoms with Crippen LogP contribution in [0.5, 0.6) is 0 Å². The van der Waals surface area contributed by atoms with Crippen LogP contribution in [-0.4, -0.2) is 42.2 Å². The third-order valence-electron chi connectivity index (χ3n) is 6.32. The number of nitrogens with zero attached hydrogens (tertiary/aromatic N) is 3. The normalized spacial score (nSPS) is 18.1. The molecule has 1 aromatic heterocycles. The highest BCUT2D eigenvalue weighted by Crippen LogP contribution is 2.27. The van der Waals surface area contributed by atoms with Crippen molar-refractivity contribution in [1.29, 1.82) is 0 Å². The van der Waals surface area contributed by atoms with E-state index in [-0.39, 0.29) is 12.1 Å². The van der Waals surface area contributed by atoms with E-state index in [0.29, 0.717) is 12.0 Å². The van der Waals surface area contributed by atoms with Gasteiger partial charge in [-0.05, 0) is 69.7 Å². The van der Waals surface area contributed by atoms with Crippen LogP contribution in [0.15, 0.2) is 36.4 Å². The van der Waals surface area contributed by atoms with Crippen LogP contribution in [-0.2, 0) is 0 Å². The summed E-state index contributed by atoms with van der Waals surface area (Å²) in [6.45, 7) is 6.13. The highest BCUT2D eigenvalue weighted by molar-refractivity contribution is 5.91. The van der Waals surface area contributed by atoms with Gasteiger partial charge in [-0.1, -0.05) is 29.8 Å². The highest BCUT2D eigenvalue weighted by atomic mass is 16.2. The number of nitrogens with one attached hydrogen (secondary N) is 3. The van der Waals surface area contributed by atoms with Crippen LogP contribution < -0.4 is 20.9 Å². The predicted molar refractivity (Wildman–Crippen MR) is 136 cm³/mol. The third kappa shape index (κ3) is 5.35. The molecule has 7 nitrogen and oxygen atoms in total. The summed E-state index contributed by atoms with van der Waals surface area (Å²) in [5.74, 6) is 1.58. The quantitative estimate of drug-likeness (QED) is 0.504. The van der Waals surface area contributed by atoms with Gasteiger partial charge < -0.3 is 20.9 Å². The van der Waals surface area contributed by atoms with Crippen molar-refractivity contribution in [3.63, 3.8) is 0 Å². The van der Waals surface area contributed by atoms with Gasteiger partial charge in [0, 0.05) is 37.3 Å². The molecule has 174 valence electrons. The minimum Gasteiger partial charge on any atom is -0.362 e. The first-order chi connectivity index (χ1) is 15.8. The number of rotatable bonds is 5. The summed E-state index contributed by atoms with van der Waals surface area (Å²) < 4.78 is 0. The van der Waals surface area contributed by atoms with Crippen molar-refractivity contribution < 1.29 is 4.79 Å². The van der Waals surface area contributed by atoms with E-state index in [4.69, 9.17) is 9.97 Å². The molecule has 3 aromatic rings. The minimum absolute atomic E-state index is 0.130. The Bertz CT molecular complexity index is 1130. The molecule has 2 aromatic carbocycles. The zero-order valence-electron chi connectivity index (χ0n) is 20.2. The van der Waals surface area contributed by atoms with Crippen molar-refractivity contribution in [1.82, 2.24) is 15.3 Å². The van der Waals surface area contributed by atoms with Crippen molar-refractivity contribution in [2.75, 3.05) is 29.6 Å². The van der Waals surface area contributed by atoms with Crippen molar-refractivity contribution in [2.24, 2.45) is 0 Å². The first kappa shape index (κ1) is 22.8. The van der Waals surface area contributed by atoms with E-state index in [2.05, 4.69) is 41.1 Å². The first-order valence-electron chi connectivity index (χ1n) is 11.7. The number of anilines is 3. The maximum Gasteiger partial charge on any atom is 0.319 e. The van der Waals surface area contributed by atoms with Crippen molar-refractivity contribution in [2.45, 2.75) is 58.5 Å². The number of benzene rings is 2. The standard InChI is InChI=1S/C26H34N6O/c1-16-14-17(2)23(18(3)15-16)30-26(33)28-20-12-10-19(11-13-20)27-25-29-22-9-7-6-8-21(22)24(31-25)32(4)5/h6-9,14-15,19-20H,10-13H2,1-5H3,(H,27,29,31)(H2,28,30,33)/t19-,20+. The van der Waals surface area contributed by atoms with Gasteiger partial charge in [0.25, 0.3) is 0 Å². The van der Waals surface area contributed by atoms with E-state index in [1.54, 1.807) is 0 Å². The number of hydrogen-bond donors (Lipinski definition) is 3. The zero-order chi connectivity index (χ0) is 23.5. The molecule has 1 heterocycles. The molecule has 0 spiro atoms. The summed E-state index contributed by atoms with van der Waals surface area (Å²) >= 11 is 0. The molecule has 0 unspecified atom stereocenters. The number of para-hydroxylation sites is 1. The monoisotopic (exact) mass is 446 g/mol. The number of fused-ring (bicyclic) bond motifs is 1. The summed E-state index contributed by atoms with van der Waals surface area (Å²) in [6, 6.07) is 12.6. The molecule has 1 saturated carbocycles. The van der Waals surface area contributed by atoms with E-state index >= 15 is 0 Å². The molecule has 1 fully saturated rings. The number of aromatic nitrogens is 2. The second-order valence-corrected chi connectivity index (χ2v) is 9.35. The molecule has 0 aliphatic heterocycles. The lowest BCUT2D eigenvalue weighted by atomic mass is 9.91. The molecule has 33 heavy (non-hydrogen) atoms. The number of aryl methyl sites for hydroxylation is 3. The first-order valence-corrected chi connectivity index (χ1v) is 11.7. The summed E-state index contributed by atoms with van der Waals surface area (Å²) in [7, 11) is 4.00. The molecular formula is C26H34N6O. The van der Waals surface area contributed by atoms with E-state index in [1.807, 2.05) is 51.0 Å². The Kier molecular flexibility index (Phi) is 6.67. The summed E-state index contributed by atoms with van der Waals surface area (Å²) in [4.78, 5) is 24.1. The second-order valence-electron chi connectivity index (χ2n) is 9.35. The van der Waals surface area contributed by atoms with Crippen LogP contribution >= 0.6 is 0 Å². The van der Waals surface area contributed by atoms with Crippen molar-refractivity contribution >= 4 is 34.4 Å². The van der Waals surface area contributed by atoms with Gasteiger partial charge in [0.05, 0.1) is 5.52 Å². The van der Waals surface area contributed by atoms with Gasteiger partial charge in [-0.25, -0.2) is 9.78 Å². The fourth-order valence-electron chi connectivity index (χ4n) is 4.74. The maximum absolute atomic E-state index is 12.6. The van der Waals surface area contributed by atoms with E-state index in [1.165, 1.54) is 5.56 Å². The average molecular weight is 447 g/mol. The molecule has 0 atom stereocenters. The fraction of sp³-hybridized carbons (Fsp3) is 0.423. The van der Waals surface area contributed by atoms with Crippen LogP contribution in [0.3, 0.4) is 0 Å². The summed E-state index contributed by atoms with van der Waals surface area (Å²) in [5, 5.41) is 10.8. The lowest BCUT2D eigenvalue weighted by molar-refractivity contribution is 0.243. The second kappa shape index (κ2) is 9.65. The van der Waals surface area contributed by atoms with Crippen molar-refractivity contribution in [3.05, 3.63) is 53.1 Å². The molecule has 7 heteroatoms. The molecule has 4 rings (SSSR count). The molecule has 1 aliphatic rings. The lowest BCUT2D eigenvalue weighted by Crippen LogP contribution is -2.42. The van der Waals surface area contributed by atoms with Crippen LogP contribution in [0.4, 0.5) is 22.2 Å². The van der Waals surface area contributed by atoms with Gasteiger partial charge in [0.15, 0.2) is 0 Å². The minimum atomic E-state index is -0.130. The number of hydrogen-bond acceptors (Lipinski definition) is 5. The van der Waals surface area contributed by atoms with Gasteiger partial charge >= 0.3 is 6.03 Å². The van der Waals surface area contributed by atoms with E-state index in [9.17, 15) is 4.79 Å². The molecular weight excluding hydrogens is 412 g/mol. The fourth-order valence-corrected chi connectivity index (χ4v) is 4.74. The largest absolute Gasteiger partial charge is 0.362 e. The summed E-state index contributed by atoms with van der Waals surface area (Å²) in [6.07, 6.45) is 3.76. The van der Waals surface area contributed by atoms with Crippen LogP contribution in [0, 0.1) is 20.8 Å². The smallest absolute Gasteiger partial charge is 0.319 e. The number of urea groups is 1. The Morgan fingerprint density at radius 2 is 1.58 bits per heavy atom. The molecule has 3 N–H and O–H groups in total. The maximum atomic E-state index is 12.6. The Labute approximate surface area is 196 Å². The molecule has 0 bridgehead atoms. The topological polar surface area (TPSA) is 82.2 Å². The number of amides is 2. The van der Waals surface area contributed by atoms with Crippen LogP contribution in [0.1, 0.15) is 42.4 Å². The average Bonchev–Trinajstić information content (AvgIpc) is 2.77. The molecule has 0 saturated heterocycles. The third-order valence-corrected chi connectivity index (χ3v) is 6.32. The van der Waals surface area contributed by atoms with Crippen LogP contribution in [0.2, 0.25) is 0 Å².